The van der Waals surface area contributed by atoms with Crippen LogP contribution in [0.4, 0.5) is 4.39 Å². The lowest BCUT2D eigenvalue weighted by atomic mass is 10.0. The van der Waals surface area contributed by atoms with Crippen molar-refractivity contribution in [2.24, 2.45) is 0 Å². The Morgan fingerprint density at radius 1 is 1.27 bits per heavy atom. The number of benzene rings is 1. The molecule has 1 amide bonds. The Kier molecular flexibility index (Phi) is 4.93. The molecule has 3 rings (SSSR count). The maximum absolute atomic E-state index is 13.1. The molecule has 0 aliphatic carbocycles. The molecule has 0 atom stereocenters. The second-order valence-electron chi connectivity index (χ2n) is 5.81. The third-order valence-electron chi connectivity index (χ3n) is 4.15. The Hall–Kier alpha value is -3.28. The molecule has 132 valence electrons. The summed E-state index contributed by atoms with van der Waals surface area (Å²) in [5.74, 6) is -1.27. The van der Waals surface area contributed by atoms with E-state index in [0.29, 0.717) is 17.8 Å². The number of halogens is 1. The van der Waals surface area contributed by atoms with E-state index < -0.39 is 5.97 Å². The molecule has 6 heteroatoms. The first-order valence-electron chi connectivity index (χ1n) is 7.99. The van der Waals surface area contributed by atoms with Crippen LogP contribution >= 0.6 is 0 Å². The van der Waals surface area contributed by atoms with E-state index in [0.717, 1.165) is 5.56 Å². The maximum Gasteiger partial charge on any atom is 0.340 e. The molecule has 0 bridgehead atoms. The minimum Gasteiger partial charge on any atom is -0.465 e. The highest BCUT2D eigenvalue weighted by Gasteiger charge is 2.36. The van der Waals surface area contributed by atoms with E-state index in [4.69, 9.17) is 4.74 Å². The minimum atomic E-state index is -0.585. The number of methoxy groups -OCH3 is 1. The molecule has 0 saturated carbocycles. The van der Waals surface area contributed by atoms with Gasteiger partial charge in [-0.3, -0.25) is 9.78 Å². The lowest BCUT2D eigenvalue weighted by Gasteiger charge is -2.17. The number of aromatic nitrogens is 1. The molecule has 0 saturated heterocycles. The fourth-order valence-electron chi connectivity index (χ4n) is 2.82. The minimum absolute atomic E-state index is 0.214. The molecule has 1 aromatic heterocycles. The van der Waals surface area contributed by atoms with Crippen molar-refractivity contribution in [3.8, 4) is 0 Å². The molecule has 1 aromatic carbocycles. The Balaban J connectivity index is 2.02. The number of allylic oxidation sites excluding steroid dienone is 1. The first-order chi connectivity index (χ1) is 12.5. The van der Waals surface area contributed by atoms with Crippen LogP contribution in [0.1, 0.15) is 18.1 Å². The zero-order chi connectivity index (χ0) is 18.7. The van der Waals surface area contributed by atoms with E-state index in [9.17, 15) is 14.0 Å². The van der Waals surface area contributed by atoms with Crippen LogP contribution in [0.15, 0.2) is 65.6 Å². The van der Waals surface area contributed by atoms with Gasteiger partial charge in [-0.15, -0.1) is 0 Å². The summed E-state index contributed by atoms with van der Waals surface area (Å²) < 4.78 is 18.0. The number of carbonyl (C=O) groups is 2. The van der Waals surface area contributed by atoms with E-state index in [1.807, 2.05) is 6.07 Å². The van der Waals surface area contributed by atoms with Crippen LogP contribution < -0.4 is 0 Å². The molecule has 0 unspecified atom stereocenters. The molecule has 0 spiro atoms. The normalized spacial score (nSPS) is 15.7. The van der Waals surface area contributed by atoms with Gasteiger partial charge >= 0.3 is 5.97 Å². The first kappa shape index (κ1) is 17.5. The largest absolute Gasteiger partial charge is 0.465 e. The van der Waals surface area contributed by atoms with E-state index in [2.05, 4.69) is 4.98 Å². The summed E-state index contributed by atoms with van der Waals surface area (Å²) in [6.07, 6.45) is 4.89. The number of esters is 1. The van der Waals surface area contributed by atoms with E-state index >= 15 is 0 Å². The molecular formula is C20H17FN2O3. The second kappa shape index (κ2) is 7.31. The number of amides is 1. The topological polar surface area (TPSA) is 59.5 Å². The van der Waals surface area contributed by atoms with E-state index in [1.165, 1.54) is 24.1 Å². The molecular weight excluding hydrogens is 335 g/mol. The highest BCUT2D eigenvalue weighted by Crippen LogP contribution is 2.32. The number of pyridine rings is 1. The van der Waals surface area contributed by atoms with Gasteiger partial charge in [0.25, 0.3) is 5.91 Å². The molecule has 0 fully saturated rings. The number of nitrogens with zero attached hydrogens (tertiary/aromatic N) is 2. The summed E-state index contributed by atoms with van der Waals surface area (Å²) in [5, 5.41) is 0. The second-order valence-corrected chi connectivity index (χ2v) is 5.81. The third-order valence-corrected chi connectivity index (χ3v) is 4.15. The van der Waals surface area contributed by atoms with Gasteiger partial charge in [-0.2, -0.15) is 0 Å². The Labute approximate surface area is 150 Å². The van der Waals surface area contributed by atoms with Gasteiger partial charge in [0.2, 0.25) is 0 Å². The number of hydrogen-bond acceptors (Lipinski definition) is 4. The fourth-order valence-corrected chi connectivity index (χ4v) is 2.82. The Bertz CT molecular complexity index is 902. The van der Waals surface area contributed by atoms with Crippen molar-refractivity contribution in [3.63, 3.8) is 0 Å². The van der Waals surface area contributed by atoms with Crippen LogP contribution in [0.25, 0.3) is 6.08 Å². The van der Waals surface area contributed by atoms with E-state index in [1.54, 1.807) is 43.6 Å². The highest BCUT2D eigenvalue weighted by molar-refractivity contribution is 6.16. The monoisotopic (exact) mass is 352 g/mol. The van der Waals surface area contributed by atoms with Gasteiger partial charge < -0.3 is 9.64 Å². The highest BCUT2D eigenvalue weighted by atomic mass is 19.1. The molecule has 0 radical (unpaired) electrons. The summed E-state index contributed by atoms with van der Waals surface area (Å²) in [6, 6.07) is 9.33. The van der Waals surface area contributed by atoms with Crippen LogP contribution in [0.5, 0.6) is 0 Å². The summed E-state index contributed by atoms with van der Waals surface area (Å²) in [6.45, 7) is 1.99. The summed E-state index contributed by atoms with van der Waals surface area (Å²) in [7, 11) is 1.27. The van der Waals surface area contributed by atoms with Gasteiger partial charge in [0.05, 0.1) is 24.8 Å². The third kappa shape index (κ3) is 3.39. The molecule has 0 N–H and O–H groups in total. The molecule has 2 aromatic rings. The van der Waals surface area contributed by atoms with Crippen molar-refractivity contribution in [1.82, 2.24) is 9.88 Å². The first-order valence-corrected chi connectivity index (χ1v) is 7.99. The number of rotatable bonds is 4. The van der Waals surface area contributed by atoms with Crippen LogP contribution in [-0.2, 0) is 20.9 Å². The molecule has 2 heterocycles. The molecule has 1 aliphatic rings. The fraction of sp³-hybridized carbons (Fsp3) is 0.150. The van der Waals surface area contributed by atoms with Crippen LogP contribution in [0.2, 0.25) is 0 Å². The van der Waals surface area contributed by atoms with Crippen LogP contribution in [-0.4, -0.2) is 28.9 Å². The van der Waals surface area contributed by atoms with Crippen molar-refractivity contribution in [2.45, 2.75) is 13.5 Å². The van der Waals surface area contributed by atoms with E-state index in [-0.39, 0.29) is 22.9 Å². The molecule has 26 heavy (non-hydrogen) atoms. The lowest BCUT2D eigenvalue weighted by Crippen LogP contribution is -2.24. The Morgan fingerprint density at radius 3 is 2.62 bits per heavy atom. The van der Waals surface area contributed by atoms with Gasteiger partial charge in [-0.25, -0.2) is 9.18 Å². The van der Waals surface area contributed by atoms with Crippen molar-refractivity contribution in [1.29, 1.82) is 0 Å². The summed E-state index contributed by atoms with van der Waals surface area (Å²) >= 11 is 0. The van der Waals surface area contributed by atoms with Crippen molar-refractivity contribution < 1.29 is 18.7 Å². The van der Waals surface area contributed by atoms with Crippen molar-refractivity contribution >= 4 is 18.0 Å². The SMILES string of the molecule is COC(=O)C1=C(C)N(Cc2cccnc2)C(=O)C1=Cc1ccc(F)cc1. The van der Waals surface area contributed by atoms with Gasteiger partial charge in [0.15, 0.2) is 0 Å². The number of hydrogen-bond donors (Lipinski definition) is 0. The number of carbonyl (C=O) groups excluding carboxylic acids is 2. The predicted octanol–water partition coefficient (Wildman–Crippen LogP) is 3.09. The molecule has 5 nitrogen and oxygen atoms in total. The van der Waals surface area contributed by atoms with Gasteiger partial charge in [0, 0.05) is 18.1 Å². The quantitative estimate of drug-likeness (QED) is 0.627. The summed E-state index contributed by atoms with van der Waals surface area (Å²) in [5.41, 5.74) is 2.41. The maximum atomic E-state index is 13.1. The van der Waals surface area contributed by atoms with Crippen molar-refractivity contribution in [2.75, 3.05) is 7.11 Å². The average molecular weight is 352 g/mol. The van der Waals surface area contributed by atoms with Crippen LogP contribution in [0, 0.1) is 5.82 Å². The smallest absolute Gasteiger partial charge is 0.340 e. The zero-order valence-electron chi connectivity index (χ0n) is 14.4. The Morgan fingerprint density at radius 2 is 2.00 bits per heavy atom. The average Bonchev–Trinajstić information content (AvgIpc) is 2.88. The molecule has 1 aliphatic heterocycles. The zero-order valence-corrected chi connectivity index (χ0v) is 14.4. The number of ether oxygens (including phenoxy) is 1. The predicted molar refractivity (Wildman–Crippen MR) is 93.9 cm³/mol. The van der Waals surface area contributed by atoms with Gasteiger partial charge in [-0.1, -0.05) is 18.2 Å². The lowest BCUT2D eigenvalue weighted by molar-refractivity contribution is -0.136. The summed E-state index contributed by atoms with van der Waals surface area (Å²) in [4.78, 5) is 30.7. The van der Waals surface area contributed by atoms with Crippen molar-refractivity contribution in [3.05, 3.63) is 82.6 Å². The van der Waals surface area contributed by atoms with Gasteiger partial charge in [0.1, 0.15) is 5.82 Å². The standard InChI is InChI=1S/C20H17FN2O3/c1-13-18(20(25)26-2)17(10-14-5-7-16(21)8-6-14)19(24)23(13)12-15-4-3-9-22-11-15/h3-11H,12H2,1-2H3. The van der Waals surface area contributed by atoms with Crippen LogP contribution in [0.3, 0.4) is 0 Å². The van der Waals surface area contributed by atoms with Gasteiger partial charge in [-0.05, 0) is 42.3 Å².